The summed E-state index contributed by atoms with van der Waals surface area (Å²) in [6, 6.07) is 9.67. The van der Waals surface area contributed by atoms with Crippen LogP contribution in [0.2, 0.25) is 0 Å². The van der Waals surface area contributed by atoms with Crippen LogP contribution in [0.25, 0.3) is 0 Å². The van der Waals surface area contributed by atoms with Gasteiger partial charge < -0.3 is 15.4 Å². The molecule has 0 aliphatic rings. The summed E-state index contributed by atoms with van der Waals surface area (Å²) in [6.07, 6.45) is 3.37. The molecule has 4 N–H and O–H groups in total. The van der Waals surface area contributed by atoms with Crippen molar-refractivity contribution in [2.24, 2.45) is 5.14 Å². The molecule has 10 nitrogen and oxygen atoms in total. The molecule has 2 heterocycles. The standard InChI is InChI=1S/C17H14FN7O3S/c18-13-9-22-17(24-14-5-7-21-10-15(14)29(20,26)27)25-16(13)23-11-1-3-12(4-2-11)28-8-6-19/h1-5,7,9-10H,8H2,(H2,20,26,27)(H2,21,22,23,24,25). The number of aromatic nitrogens is 3. The van der Waals surface area contributed by atoms with Gasteiger partial charge in [0.1, 0.15) is 16.7 Å². The Balaban J connectivity index is 1.82. The number of benzene rings is 1. The monoisotopic (exact) mass is 415 g/mol. The van der Waals surface area contributed by atoms with Crippen LogP contribution in [0.15, 0.2) is 53.8 Å². The summed E-state index contributed by atoms with van der Waals surface area (Å²) in [4.78, 5) is 11.3. The van der Waals surface area contributed by atoms with Gasteiger partial charge in [-0.1, -0.05) is 0 Å². The van der Waals surface area contributed by atoms with Crippen molar-refractivity contribution in [2.75, 3.05) is 17.2 Å². The number of primary sulfonamides is 1. The second-order valence-corrected chi connectivity index (χ2v) is 7.06. The van der Waals surface area contributed by atoms with Gasteiger partial charge in [-0.15, -0.1) is 0 Å². The molecule has 3 aromatic rings. The first kappa shape index (κ1) is 19.9. The predicted octanol–water partition coefficient (Wildman–Crippen LogP) is 2.05. The van der Waals surface area contributed by atoms with Gasteiger partial charge in [0.05, 0.1) is 11.9 Å². The van der Waals surface area contributed by atoms with Crippen molar-refractivity contribution >= 4 is 33.2 Å². The molecule has 0 saturated carbocycles. The van der Waals surface area contributed by atoms with E-state index >= 15 is 0 Å². The van der Waals surface area contributed by atoms with Gasteiger partial charge in [0, 0.05) is 18.1 Å². The second kappa shape index (κ2) is 8.46. The van der Waals surface area contributed by atoms with Gasteiger partial charge in [-0.25, -0.2) is 22.9 Å². The van der Waals surface area contributed by atoms with Gasteiger partial charge in [0.25, 0.3) is 0 Å². The van der Waals surface area contributed by atoms with Crippen LogP contribution in [0.5, 0.6) is 5.75 Å². The van der Waals surface area contributed by atoms with E-state index in [4.69, 9.17) is 15.1 Å². The summed E-state index contributed by atoms with van der Waals surface area (Å²) in [7, 11) is -4.03. The molecule has 3 rings (SSSR count). The molecule has 0 radical (unpaired) electrons. The third-order valence-corrected chi connectivity index (χ3v) is 4.44. The Morgan fingerprint density at radius 1 is 1.17 bits per heavy atom. The minimum atomic E-state index is -4.03. The Morgan fingerprint density at radius 3 is 2.62 bits per heavy atom. The number of anilines is 4. The third-order valence-electron chi connectivity index (χ3n) is 3.50. The van der Waals surface area contributed by atoms with E-state index < -0.39 is 15.8 Å². The van der Waals surface area contributed by atoms with Crippen LogP contribution in [0.1, 0.15) is 0 Å². The first-order chi connectivity index (χ1) is 13.9. The van der Waals surface area contributed by atoms with E-state index in [1.807, 2.05) is 6.07 Å². The molecular weight excluding hydrogens is 401 g/mol. The van der Waals surface area contributed by atoms with Crippen molar-refractivity contribution in [2.45, 2.75) is 4.90 Å². The summed E-state index contributed by atoms with van der Waals surface area (Å²) in [6.45, 7) is -0.0855. The zero-order chi connectivity index (χ0) is 20.9. The lowest BCUT2D eigenvalue weighted by atomic mass is 10.3. The highest BCUT2D eigenvalue weighted by molar-refractivity contribution is 7.89. The molecule has 2 aromatic heterocycles. The SMILES string of the molecule is N#CCOc1ccc(Nc2nc(Nc3ccncc3S(N)(=O)=O)ncc2F)cc1. The molecular formula is C17H14FN7O3S. The number of nitrogens with two attached hydrogens (primary N) is 1. The Bertz CT molecular complexity index is 1160. The van der Waals surface area contributed by atoms with Gasteiger partial charge in [-0.05, 0) is 30.3 Å². The number of pyridine rings is 1. The van der Waals surface area contributed by atoms with Gasteiger partial charge >= 0.3 is 0 Å². The Kier molecular flexibility index (Phi) is 5.82. The number of nitrogens with zero attached hydrogens (tertiary/aromatic N) is 4. The molecule has 0 atom stereocenters. The van der Waals surface area contributed by atoms with Crippen molar-refractivity contribution < 1.29 is 17.5 Å². The summed E-state index contributed by atoms with van der Waals surface area (Å²) >= 11 is 0. The Labute approximate surface area is 165 Å². The van der Waals surface area contributed by atoms with Crippen molar-refractivity contribution in [3.8, 4) is 11.8 Å². The van der Waals surface area contributed by atoms with Gasteiger partial charge in [0.2, 0.25) is 16.0 Å². The van der Waals surface area contributed by atoms with E-state index in [2.05, 4.69) is 25.6 Å². The maximum absolute atomic E-state index is 14.1. The first-order valence-electron chi connectivity index (χ1n) is 8.00. The van der Waals surface area contributed by atoms with Gasteiger partial charge in [-0.2, -0.15) is 10.2 Å². The predicted molar refractivity (Wildman–Crippen MR) is 102 cm³/mol. The van der Waals surface area contributed by atoms with Crippen LogP contribution in [0, 0.1) is 17.1 Å². The van der Waals surface area contributed by atoms with Crippen LogP contribution in [0.3, 0.4) is 0 Å². The van der Waals surface area contributed by atoms with E-state index in [1.54, 1.807) is 24.3 Å². The van der Waals surface area contributed by atoms with Crippen molar-refractivity contribution in [3.05, 3.63) is 54.7 Å². The number of hydrogen-bond donors (Lipinski definition) is 3. The lowest BCUT2D eigenvalue weighted by molar-refractivity contribution is 0.368. The minimum absolute atomic E-state index is 0.0565. The largest absolute Gasteiger partial charge is 0.479 e. The molecule has 0 amide bonds. The van der Waals surface area contributed by atoms with Crippen LogP contribution in [-0.2, 0) is 10.0 Å². The van der Waals surface area contributed by atoms with Crippen molar-refractivity contribution in [1.82, 2.24) is 15.0 Å². The zero-order valence-corrected chi connectivity index (χ0v) is 15.5. The molecule has 12 heteroatoms. The maximum atomic E-state index is 14.1. The molecule has 0 aliphatic carbocycles. The maximum Gasteiger partial charge on any atom is 0.241 e. The quantitative estimate of drug-likeness (QED) is 0.525. The average Bonchev–Trinajstić information content (AvgIpc) is 2.69. The Morgan fingerprint density at radius 2 is 1.93 bits per heavy atom. The molecule has 0 unspecified atom stereocenters. The van der Waals surface area contributed by atoms with E-state index in [9.17, 15) is 12.8 Å². The van der Waals surface area contributed by atoms with Crippen LogP contribution in [0.4, 0.5) is 27.5 Å². The number of sulfonamides is 1. The third kappa shape index (κ3) is 5.12. The average molecular weight is 415 g/mol. The fourth-order valence-electron chi connectivity index (χ4n) is 2.23. The van der Waals surface area contributed by atoms with E-state index in [0.29, 0.717) is 11.4 Å². The zero-order valence-electron chi connectivity index (χ0n) is 14.7. The number of nitrogens with one attached hydrogen (secondary N) is 2. The number of rotatable bonds is 7. The molecule has 148 valence electrons. The molecule has 0 spiro atoms. The number of nitriles is 1. The lowest BCUT2D eigenvalue weighted by Crippen LogP contribution is -2.15. The molecule has 29 heavy (non-hydrogen) atoms. The molecule has 0 bridgehead atoms. The summed E-state index contributed by atoms with van der Waals surface area (Å²) in [5, 5.41) is 19.1. The van der Waals surface area contributed by atoms with Crippen molar-refractivity contribution in [3.63, 3.8) is 0 Å². The lowest BCUT2D eigenvalue weighted by Gasteiger charge is -2.11. The molecule has 0 fully saturated rings. The van der Waals surface area contributed by atoms with Crippen molar-refractivity contribution in [1.29, 1.82) is 5.26 Å². The number of ether oxygens (including phenoxy) is 1. The molecule has 0 aliphatic heterocycles. The van der Waals surface area contributed by atoms with Crippen LogP contribution >= 0.6 is 0 Å². The normalized spacial score (nSPS) is 10.8. The van der Waals surface area contributed by atoms with Crippen LogP contribution in [-0.4, -0.2) is 30.0 Å². The Hall–Kier alpha value is -3.82. The minimum Gasteiger partial charge on any atom is -0.479 e. The fourth-order valence-corrected chi connectivity index (χ4v) is 2.87. The summed E-state index contributed by atoms with van der Waals surface area (Å²) < 4.78 is 42.6. The van der Waals surface area contributed by atoms with Gasteiger partial charge in [0.15, 0.2) is 18.2 Å². The fraction of sp³-hybridized carbons (Fsp3) is 0.0588. The van der Waals surface area contributed by atoms with E-state index in [1.165, 1.54) is 12.3 Å². The topological polar surface area (TPSA) is 156 Å². The second-order valence-electron chi connectivity index (χ2n) is 5.53. The summed E-state index contributed by atoms with van der Waals surface area (Å²) in [5.41, 5.74) is 0.603. The van der Waals surface area contributed by atoms with Crippen LogP contribution < -0.4 is 20.5 Å². The first-order valence-corrected chi connectivity index (χ1v) is 9.54. The highest BCUT2D eigenvalue weighted by Crippen LogP contribution is 2.24. The van der Waals surface area contributed by atoms with E-state index in [0.717, 1.165) is 12.4 Å². The van der Waals surface area contributed by atoms with Gasteiger partial charge in [-0.3, -0.25) is 4.98 Å². The number of hydrogen-bond acceptors (Lipinski definition) is 9. The van der Waals surface area contributed by atoms with E-state index in [-0.39, 0.29) is 29.0 Å². The highest BCUT2D eigenvalue weighted by Gasteiger charge is 2.16. The smallest absolute Gasteiger partial charge is 0.241 e. The molecule has 0 saturated heterocycles. The highest BCUT2D eigenvalue weighted by atomic mass is 32.2. The number of halogens is 1. The summed E-state index contributed by atoms with van der Waals surface area (Å²) in [5.74, 6) is -0.434. The molecule has 1 aromatic carbocycles.